The summed E-state index contributed by atoms with van der Waals surface area (Å²) in [6.07, 6.45) is 0.348. The molecule has 0 radical (unpaired) electrons. The maximum atomic E-state index is 12.4. The van der Waals surface area contributed by atoms with E-state index < -0.39 is 41.1 Å². The number of benzene rings is 1. The minimum Gasteiger partial charge on any atom is -0.481 e. The van der Waals surface area contributed by atoms with E-state index in [1.807, 2.05) is 0 Å². The summed E-state index contributed by atoms with van der Waals surface area (Å²) in [6, 6.07) is 6.03. The minimum atomic E-state index is -1.34. The second-order valence-corrected chi connectivity index (χ2v) is 6.67. The largest absolute Gasteiger partial charge is 0.481 e. The molecule has 0 aliphatic carbocycles. The predicted octanol–water partition coefficient (Wildman–Crippen LogP) is 1.16. The highest BCUT2D eigenvalue weighted by Crippen LogP contribution is 2.18. The summed E-state index contributed by atoms with van der Waals surface area (Å²) in [4.78, 5) is 56.6. The number of hydrogen-bond acceptors (Lipinski definition) is 6. The molecule has 0 saturated carbocycles. The average Bonchev–Trinajstić information content (AvgIpc) is 3.07. The maximum Gasteiger partial charge on any atom is 0.326 e. The lowest BCUT2D eigenvalue weighted by Gasteiger charge is -2.14. The molecule has 0 unspecified atom stereocenters. The second kappa shape index (κ2) is 10.0. The summed E-state index contributed by atoms with van der Waals surface area (Å²) in [6.45, 7) is 0. The Hall–Kier alpha value is -4.22. The van der Waals surface area contributed by atoms with Crippen LogP contribution in [0.1, 0.15) is 28.9 Å². The van der Waals surface area contributed by atoms with Crippen molar-refractivity contribution < 1.29 is 34.3 Å². The van der Waals surface area contributed by atoms with Gasteiger partial charge in [-0.15, -0.1) is 0 Å². The van der Waals surface area contributed by atoms with Crippen LogP contribution in [0.2, 0.25) is 0 Å². The first kappa shape index (κ1) is 23.1. The third-order valence-electron chi connectivity index (χ3n) is 4.26. The Bertz CT molecular complexity index is 1030. The maximum absolute atomic E-state index is 12.4. The Morgan fingerprint density at radius 1 is 1.19 bits per heavy atom. The third-order valence-corrected chi connectivity index (χ3v) is 4.26. The zero-order valence-electron chi connectivity index (χ0n) is 16.4. The van der Waals surface area contributed by atoms with Crippen molar-refractivity contribution in [3.05, 3.63) is 57.9 Å². The fraction of sp³-hybridized carbons (Fsp3) is 0.263. The van der Waals surface area contributed by atoms with Crippen LogP contribution in [0.4, 0.5) is 11.4 Å². The van der Waals surface area contributed by atoms with E-state index in [0.29, 0.717) is 11.3 Å². The lowest BCUT2D eigenvalue weighted by Crippen LogP contribution is -2.41. The Morgan fingerprint density at radius 2 is 1.90 bits per heavy atom. The highest BCUT2D eigenvalue weighted by molar-refractivity contribution is 6.03. The van der Waals surface area contributed by atoms with Gasteiger partial charge in [0.1, 0.15) is 11.7 Å². The van der Waals surface area contributed by atoms with Crippen molar-refractivity contribution in [1.82, 2.24) is 9.88 Å². The van der Waals surface area contributed by atoms with Crippen LogP contribution in [0, 0.1) is 10.1 Å². The predicted molar refractivity (Wildman–Crippen MR) is 107 cm³/mol. The van der Waals surface area contributed by atoms with Gasteiger partial charge in [-0.25, -0.2) is 4.79 Å². The number of aryl methyl sites for hydroxylation is 1. The first-order valence-electron chi connectivity index (χ1n) is 9.02. The number of nitro groups is 1. The van der Waals surface area contributed by atoms with Gasteiger partial charge in [-0.3, -0.25) is 24.5 Å². The van der Waals surface area contributed by atoms with Crippen LogP contribution in [-0.2, 0) is 27.9 Å². The molecule has 0 spiro atoms. The summed E-state index contributed by atoms with van der Waals surface area (Å²) in [5.41, 5.74) is 0.641. The quantitative estimate of drug-likeness (QED) is 0.319. The van der Waals surface area contributed by atoms with E-state index in [0.717, 1.165) is 6.07 Å². The molecule has 0 aliphatic heterocycles. The van der Waals surface area contributed by atoms with Crippen molar-refractivity contribution in [3.63, 3.8) is 0 Å². The minimum absolute atomic E-state index is 0.0672. The number of nitrogens with one attached hydrogen (secondary N) is 2. The number of anilines is 1. The molecular weight excluding hydrogens is 412 g/mol. The summed E-state index contributed by atoms with van der Waals surface area (Å²) in [7, 11) is 1.49. The van der Waals surface area contributed by atoms with E-state index in [-0.39, 0.29) is 24.2 Å². The Balaban J connectivity index is 2.03. The van der Waals surface area contributed by atoms with Gasteiger partial charge in [-0.1, -0.05) is 12.1 Å². The highest BCUT2D eigenvalue weighted by Gasteiger charge is 2.21. The number of aromatic nitrogens is 1. The van der Waals surface area contributed by atoms with Gasteiger partial charge in [0.25, 0.3) is 11.6 Å². The first-order chi connectivity index (χ1) is 14.6. The third kappa shape index (κ3) is 6.66. The Kier molecular flexibility index (Phi) is 7.44. The standard InChI is InChI=1S/C19H20N4O8/c1-22-10-13(23(30)31)9-15(22)18(27)20-12-4-2-3-11(7-12)8-16(24)21-14(19(28)29)5-6-17(25)26/h2-4,7,9-10,14H,5-6,8H2,1H3,(H,20,27)(H,21,24)(H,25,26)(H,28,29)/t14-/m0/s1. The number of aliphatic carboxylic acids is 2. The number of carboxylic acids is 2. The average molecular weight is 432 g/mol. The summed E-state index contributed by atoms with van der Waals surface area (Å²) >= 11 is 0. The van der Waals surface area contributed by atoms with Gasteiger partial charge in [0.05, 0.1) is 17.5 Å². The zero-order chi connectivity index (χ0) is 23.1. The Morgan fingerprint density at radius 3 is 2.48 bits per heavy atom. The summed E-state index contributed by atoms with van der Waals surface area (Å²) in [5.74, 6) is -3.73. The van der Waals surface area contributed by atoms with Crippen LogP contribution < -0.4 is 10.6 Å². The molecule has 4 N–H and O–H groups in total. The number of hydrogen-bond donors (Lipinski definition) is 4. The van der Waals surface area contributed by atoms with Crippen molar-refractivity contribution in [3.8, 4) is 0 Å². The summed E-state index contributed by atoms with van der Waals surface area (Å²) < 4.78 is 1.31. The molecule has 2 rings (SSSR count). The van der Waals surface area contributed by atoms with Crippen LogP contribution in [0.5, 0.6) is 0 Å². The second-order valence-electron chi connectivity index (χ2n) is 6.67. The first-order valence-corrected chi connectivity index (χ1v) is 9.02. The SMILES string of the molecule is Cn1cc([N+](=O)[O-])cc1C(=O)Nc1cccc(CC(=O)N[C@@H](CCC(=O)O)C(=O)O)c1. The number of nitrogens with zero attached hydrogens (tertiary/aromatic N) is 2. The molecule has 0 aliphatic rings. The van der Waals surface area contributed by atoms with Crippen LogP contribution in [0.15, 0.2) is 36.5 Å². The molecule has 0 bridgehead atoms. The lowest BCUT2D eigenvalue weighted by molar-refractivity contribution is -0.384. The van der Waals surface area contributed by atoms with Crippen molar-refractivity contribution >= 4 is 35.1 Å². The number of carbonyl (C=O) groups excluding carboxylic acids is 2. The molecule has 31 heavy (non-hydrogen) atoms. The molecule has 12 heteroatoms. The monoisotopic (exact) mass is 432 g/mol. The molecular formula is C19H20N4O8. The molecule has 1 heterocycles. The van der Waals surface area contributed by atoms with E-state index in [1.165, 1.54) is 23.9 Å². The van der Waals surface area contributed by atoms with Crippen LogP contribution in [-0.4, -0.2) is 49.5 Å². The number of carboxylic acid groups (broad SMARTS) is 2. The fourth-order valence-electron chi connectivity index (χ4n) is 2.78. The highest BCUT2D eigenvalue weighted by atomic mass is 16.6. The van der Waals surface area contributed by atoms with Crippen molar-refractivity contribution in [1.29, 1.82) is 0 Å². The van der Waals surface area contributed by atoms with Gasteiger partial charge in [0.15, 0.2) is 0 Å². The van der Waals surface area contributed by atoms with Crippen molar-refractivity contribution in [2.45, 2.75) is 25.3 Å². The van der Waals surface area contributed by atoms with Crippen molar-refractivity contribution in [2.24, 2.45) is 7.05 Å². The van der Waals surface area contributed by atoms with Gasteiger partial charge in [-0.05, 0) is 24.1 Å². The van der Waals surface area contributed by atoms with Crippen molar-refractivity contribution in [2.75, 3.05) is 5.32 Å². The van der Waals surface area contributed by atoms with Crippen LogP contribution in [0.3, 0.4) is 0 Å². The van der Waals surface area contributed by atoms with Gasteiger partial charge in [-0.2, -0.15) is 0 Å². The summed E-state index contributed by atoms with van der Waals surface area (Å²) in [5, 5.41) is 33.5. The van der Waals surface area contributed by atoms with Gasteiger partial charge in [0, 0.05) is 25.2 Å². The van der Waals surface area contributed by atoms with E-state index in [4.69, 9.17) is 10.2 Å². The molecule has 1 aromatic heterocycles. The number of amides is 2. The molecule has 12 nitrogen and oxygen atoms in total. The van der Waals surface area contributed by atoms with Gasteiger partial charge >= 0.3 is 11.9 Å². The van der Waals surface area contributed by atoms with Crippen LogP contribution in [0.25, 0.3) is 0 Å². The van der Waals surface area contributed by atoms with E-state index >= 15 is 0 Å². The Labute approximate surface area is 175 Å². The van der Waals surface area contributed by atoms with E-state index in [2.05, 4.69) is 10.6 Å². The zero-order valence-corrected chi connectivity index (χ0v) is 16.4. The van der Waals surface area contributed by atoms with Gasteiger partial charge < -0.3 is 25.4 Å². The number of carbonyl (C=O) groups is 4. The lowest BCUT2D eigenvalue weighted by atomic mass is 10.1. The normalized spacial score (nSPS) is 11.4. The topological polar surface area (TPSA) is 181 Å². The van der Waals surface area contributed by atoms with Crippen LogP contribution >= 0.6 is 0 Å². The van der Waals surface area contributed by atoms with E-state index in [1.54, 1.807) is 18.2 Å². The molecule has 2 aromatic rings. The molecule has 1 aromatic carbocycles. The fourth-order valence-corrected chi connectivity index (χ4v) is 2.78. The van der Waals surface area contributed by atoms with E-state index in [9.17, 15) is 29.3 Å². The smallest absolute Gasteiger partial charge is 0.326 e. The molecule has 2 amide bonds. The molecule has 1 atom stereocenters. The number of rotatable bonds is 10. The molecule has 0 fully saturated rings. The van der Waals surface area contributed by atoms with Gasteiger partial charge in [0.2, 0.25) is 5.91 Å². The molecule has 164 valence electrons. The molecule has 0 saturated heterocycles.